The van der Waals surface area contributed by atoms with E-state index in [-0.39, 0.29) is 24.2 Å². The molecular weight excluding hydrogens is 434 g/mol. The Bertz CT molecular complexity index is 1270. The van der Waals surface area contributed by atoms with Gasteiger partial charge < -0.3 is 10.1 Å². The molecule has 0 saturated carbocycles. The number of carbonyl (C=O) groups is 1. The molecule has 33 heavy (non-hydrogen) atoms. The van der Waals surface area contributed by atoms with Crippen molar-refractivity contribution in [3.63, 3.8) is 0 Å². The molecule has 0 bridgehead atoms. The number of rotatable bonds is 5. The van der Waals surface area contributed by atoms with Crippen molar-refractivity contribution >= 4 is 27.5 Å². The first-order valence-electron chi connectivity index (χ1n) is 11.2. The average molecular weight is 462 g/mol. The minimum Gasteiger partial charge on any atom is -0.375 e. The van der Waals surface area contributed by atoms with Gasteiger partial charge in [0.2, 0.25) is 0 Å². The van der Waals surface area contributed by atoms with Crippen molar-refractivity contribution in [2.75, 3.05) is 0 Å². The first kappa shape index (κ1) is 21.7. The van der Waals surface area contributed by atoms with E-state index in [1.807, 2.05) is 43.0 Å². The van der Waals surface area contributed by atoms with Gasteiger partial charge in [0, 0.05) is 30.9 Å². The van der Waals surface area contributed by atoms with E-state index in [4.69, 9.17) is 4.74 Å². The summed E-state index contributed by atoms with van der Waals surface area (Å²) in [4.78, 5) is 23.2. The Morgan fingerprint density at radius 2 is 2.00 bits per heavy atom. The number of aryl methyl sites for hydroxylation is 1. The van der Waals surface area contributed by atoms with Crippen molar-refractivity contribution in [2.45, 2.75) is 51.4 Å². The summed E-state index contributed by atoms with van der Waals surface area (Å²) in [6.45, 7) is 4.10. The van der Waals surface area contributed by atoms with Crippen LogP contribution in [-0.2, 0) is 18.2 Å². The van der Waals surface area contributed by atoms with Crippen molar-refractivity contribution in [3.05, 3.63) is 64.9 Å². The van der Waals surface area contributed by atoms with Crippen LogP contribution in [0.25, 0.3) is 21.6 Å². The molecule has 5 rings (SSSR count). The molecule has 1 amide bonds. The van der Waals surface area contributed by atoms with Gasteiger partial charge in [0.15, 0.2) is 0 Å². The number of amides is 1. The third-order valence-electron chi connectivity index (χ3n) is 5.98. The summed E-state index contributed by atoms with van der Waals surface area (Å²) in [5.41, 5.74) is 4.31. The van der Waals surface area contributed by atoms with E-state index in [1.165, 1.54) is 0 Å². The molecule has 170 valence electrons. The third-order valence-corrected chi connectivity index (χ3v) is 6.79. The molecule has 5 heterocycles. The fourth-order valence-corrected chi connectivity index (χ4v) is 5.32. The van der Waals surface area contributed by atoms with Gasteiger partial charge in [0.1, 0.15) is 16.2 Å². The number of aromatic nitrogens is 4. The van der Waals surface area contributed by atoms with E-state index >= 15 is 0 Å². The smallest absolute Gasteiger partial charge is 0.270 e. The molecule has 1 saturated heterocycles. The van der Waals surface area contributed by atoms with E-state index in [0.717, 1.165) is 45.6 Å². The summed E-state index contributed by atoms with van der Waals surface area (Å²) in [6, 6.07) is 10.1. The maximum absolute atomic E-state index is 13.1. The van der Waals surface area contributed by atoms with Gasteiger partial charge in [-0.3, -0.25) is 14.5 Å². The topological polar surface area (TPSA) is 81.9 Å². The Labute approximate surface area is 196 Å². The highest BCUT2D eigenvalue weighted by atomic mass is 32.1. The highest BCUT2D eigenvalue weighted by Crippen LogP contribution is 2.27. The fraction of sp³-hybridized carbons (Fsp3) is 0.360. The molecular formula is C25H27N5O2S. The molecule has 1 N–H and O–H groups in total. The van der Waals surface area contributed by atoms with Gasteiger partial charge in [0.05, 0.1) is 17.9 Å². The number of ether oxygens (including phenoxy) is 1. The van der Waals surface area contributed by atoms with Gasteiger partial charge in [-0.05, 0) is 73.9 Å². The van der Waals surface area contributed by atoms with Crippen LogP contribution in [0.15, 0.2) is 48.1 Å². The molecule has 7 nitrogen and oxygen atoms in total. The monoisotopic (exact) mass is 461 g/mol. The zero-order chi connectivity index (χ0) is 22.9. The number of nitrogens with one attached hydrogen (secondary N) is 1. The summed E-state index contributed by atoms with van der Waals surface area (Å²) < 4.78 is 7.57. The van der Waals surface area contributed by atoms with Crippen LogP contribution >= 0.6 is 11.3 Å². The Morgan fingerprint density at radius 3 is 2.70 bits per heavy atom. The van der Waals surface area contributed by atoms with Crippen LogP contribution in [0.4, 0.5) is 0 Å². The average Bonchev–Trinajstić information content (AvgIpc) is 3.42. The van der Waals surface area contributed by atoms with Crippen molar-refractivity contribution in [2.24, 2.45) is 7.05 Å². The molecule has 1 aliphatic heterocycles. The maximum Gasteiger partial charge on any atom is 0.270 e. The molecule has 4 aromatic rings. The predicted octanol–water partition coefficient (Wildman–Crippen LogP) is 4.37. The Hall–Kier alpha value is -3.10. The van der Waals surface area contributed by atoms with Crippen LogP contribution in [-0.4, -0.2) is 43.9 Å². The molecule has 0 aliphatic carbocycles. The van der Waals surface area contributed by atoms with Gasteiger partial charge in [-0.1, -0.05) is 6.07 Å². The van der Waals surface area contributed by atoms with Crippen molar-refractivity contribution in [3.8, 4) is 11.4 Å². The molecule has 4 aromatic heterocycles. The quantitative estimate of drug-likeness (QED) is 0.477. The van der Waals surface area contributed by atoms with Gasteiger partial charge in [-0.2, -0.15) is 5.10 Å². The zero-order valence-corrected chi connectivity index (χ0v) is 19.8. The lowest BCUT2D eigenvalue weighted by atomic mass is 9.99. The van der Waals surface area contributed by atoms with E-state index in [9.17, 15) is 4.79 Å². The number of hydrogen-bond acceptors (Lipinski definition) is 6. The summed E-state index contributed by atoms with van der Waals surface area (Å²) in [7, 11) is 1.89. The molecule has 1 aliphatic rings. The van der Waals surface area contributed by atoms with E-state index < -0.39 is 0 Å². The Balaban J connectivity index is 1.37. The lowest BCUT2D eigenvalue weighted by Crippen LogP contribution is -2.44. The van der Waals surface area contributed by atoms with E-state index in [2.05, 4.69) is 46.4 Å². The second-order valence-electron chi connectivity index (χ2n) is 8.81. The Morgan fingerprint density at radius 1 is 1.18 bits per heavy atom. The van der Waals surface area contributed by atoms with Gasteiger partial charge in [0.25, 0.3) is 5.91 Å². The number of thiophene rings is 1. The number of pyridine rings is 2. The van der Waals surface area contributed by atoms with Crippen molar-refractivity contribution in [1.29, 1.82) is 0 Å². The summed E-state index contributed by atoms with van der Waals surface area (Å²) in [6.07, 6.45) is 6.39. The zero-order valence-electron chi connectivity index (χ0n) is 19.0. The van der Waals surface area contributed by atoms with Crippen molar-refractivity contribution in [1.82, 2.24) is 25.1 Å². The van der Waals surface area contributed by atoms with Crippen molar-refractivity contribution < 1.29 is 9.53 Å². The largest absolute Gasteiger partial charge is 0.375 e. The standard InChI is InChI=1S/C25H27N5O2S/c1-15-10-19(11-16(2)32-15)27-24(31)23-13-18(20-7-9-33-25(20)28-23)12-17-4-5-21(26-14-17)22-6-8-30(3)29-22/h4-9,13-16,19H,10-12H2,1-3H3,(H,27,31). The van der Waals surface area contributed by atoms with Gasteiger partial charge in [-0.25, -0.2) is 4.98 Å². The lowest BCUT2D eigenvalue weighted by Gasteiger charge is -2.32. The van der Waals surface area contributed by atoms with Gasteiger partial charge >= 0.3 is 0 Å². The highest BCUT2D eigenvalue weighted by Gasteiger charge is 2.26. The molecule has 0 aromatic carbocycles. The molecule has 0 spiro atoms. The molecule has 8 heteroatoms. The number of carbonyl (C=O) groups excluding carboxylic acids is 1. The van der Waals surface area contributed by atoms with Crippen LogP contribution in [0.2, 0.25) is 0 Å². The van der Waals surface area contributed by atoms with Crippen LogP contribution < -0.4 is 5.32 Å². The number of fused-ring (bicyclic) bond motifs is 1. The number of hydrogen-bond donors (Lipinski definition) is 1. The summed E-state index contributed by atoms with van der Waals surface area (Å²) in [5, 5.41) is 10.7. The van der Waals surface area contributed by atoms with Gasteiger partial charge in [-0.15, -0.1) is 11.3 Å². The van der Waals surface area contributed by atoms with Crippen LogP contribution in [0.1, 0.15) is 48.3 Å². The predicted molar refractivity (Wildman–Crippen MR) is 129 cm³/mol. The lowest BCUT2D eigenvalue weighted by molar-refractivity contribution is -0.0408. The highest BCUT2D eigenvalue weighted by molar-refractivity contribution is 7.16. The molecule has 1 fully saturated rings. The second kappa shape index (κ2) is 9.03. The summed E-state index contributed by atoms with van der Waals surface area (Å²) in [5.74, 6) is -0.124. The first-order chi connectivity index (χ1) is 15.9. The van der Waals surface area contributed by atoms with E-state index in [0.29, 0.717) is 12.1 Å². The van der Waals surface area contributed by atoms with Crippen LogP contribution in [0, 0.1) is 0 Å². The van der Waals surface area contributed by atoms with Crippen LogP contribution in [0.5, 0.6) is 0 Å². The molecule has 2 unspecified atom stereocenters. The van der Waals surface area contributed by atoms with Crippen LogP contribution in [0.3, 0.4) is 0 Å². The van der Waals surface area contributed by atoms with E-state index in [1.54, 1.807) is 16.0 Å². The normalized spacial score (nSPS) is 20.8. The minimum atomic E-state index is -0.124. The minimum absolute atomic E-state index is 0.101. The molecule has 2 atom stereocenters. The SMILES string of the molecule is CC1CC(NC(=O)c2cc(Cc3ccc(-c4ccn(C)n4)nc3)c3ccsc3n2)CC(C)O1. The second-order valence-corrected chi connectivity index (χ2v) is 9.70. The first-order valence-corrected chi connectivity index (χ1v) is 12.1. The summed E-state index contributed by atoms with van der Waals surface area (Å²) >= 11 is 1.56. The third kappa shape index (κ3) is 4.82. The maximum atomic E-state index is 13.1. The Kier molecular flexibility index (Phi) is 5.95. The molecule has 0 radical (unpaired) electrons. The fourth-order valence-electron chi connectivity index (χ4n) is 4.51. The number of nitrogens with zero attached hydrogens (tertiary/aromatic N) is 4.